The van der Waals surface area contributed by atoms with E-state index >= 15 is 0 Å². The van der Waals surface area contributed by atoms with Crippen LogP contribution in [0.2, 0.25) is 0 Å². The molecular formula is C12H13NO4S. The van der Waals surface area contributed by atoms with E-state index < -0.39 is 15.8 Å². The standard InChI is InChI=1S/C12H13NO4S/c1-18(16,17)7-6-13-10-5-3-2-4-9(10)8-11(13)12(14)15/h2-5,8H,6-7H2,1H3,(H,14,15). The number of carboxylic acid groups (broad SMARTS) is 1. The third-order valence-corrected chi connectivity index (χ3v) is 3.64. The van der Waals surface area contributed by atoms with Crippen LogP contribution >= 0.6 is 0 Å². The van der Waals surface area contributed by atoms with Gasteiger partial charge in [0, 0.05) is 23.7 Å². The molecule has 0 aliphatic heterocycles. The molecule has 0 radical (unpaired) electrons. The molecule has 0 aliphatic carbocycles. The van der Waals surface area contributed by atoms with Gasteiger partial charge in [0.15, 0.2) is 0 Å². The lowest BCUT2D eigenvalue weighted by Crippen LogP contribution is -2.15. The Morgan fingerprint density at radius 3 is 2.61 bits per heavy atom. The molecule has 2 aromatic rings. The second kappa shape index (κ2) is 4.45. The molecular weight excluding hydrogens is 254 g/mol. The summed E-state index contributed by atoms with van der Waals surface area (Å²) < 4.78 is 23.9. The number of rotatable bonds is 4. The van der Waals surface area contributed by atoms with Crippen LogP contribution in [0.5, 0.6) is 0 Å². The van der Waals surface area contributed by atoms with E-state index in [0.29, 0.717) is 0 Å². The number of fused-ring (bicyclic) bond motifs is 1. The number of benzene rings is 1. The predicted octanol–water partition coefficient (Wildman–Crippen LogP) is 1.38. The van der Waals surface area contributed by atoms with E-state index in [2.05, 4.69) is 0 Å². The second-order valence-electron chi connectivity index (χ2n) is 4.18. The van der Waals surface area contributed by atoms with Gasteiger partial charge in [0.05, 0.1) is 5.75 Å². The van der Waals surface area contributed by atoms with E-state index in [4.69, 9.17) is 5.11 Å². The van der Waals surface area contributed by atoms with Gasteiger partial charge in [-0.3, -0.25) is 0 Å². The lowest BCUT2D eigenvalue weighted by molar-refractivity contribution is 0.0686. The molecule has 0 unspecified atom stereocenters. The van der Waals surface area contributed by atoms with Crippen LogP contribution < -0.4 is 0 Å². The van der Waals surface area contributed by atoms with Crippen molar-refractivity contribution >= 4 is 26.7 Å². The predicted molar refractivity (Wildman–Crippen MR) is 68.6 cm³/mol. The molecule has 0 saturated heterocycles. The van der Waals surface area contributed by atoms with Crippen molar-refractivity contribution in [3.63, 3.8) is 0 Å². The van der Waals surface area contributed by atoms with Crippen LogP contribution in [0, 0.1) is 0 Å². The molecule has 0 atom stereocenters. The number of aromatic carboxylic acids is 1. The number of aromatic nitrogens is 1. The summed E-state index contributed by atoms with van der Waals surface area (Å²) in [6.45, 7) is 0.147. The van der Waals surface area contributed by atoms with E-state index in [9.17, 15) is 13.2 Å². The summed E-state index contributed by atoms with van der Waals surface area (Å²) in [6, 6.07) is 8.75. The molecule has 1 aromatic carbocycles. The lowest BCUT2D eigenvalue weighted by atomic mass is 10.2. The fraction of sp³-hybridized carbons (Fsp3) is 0.250. The highest BCUT2D eigenvalue weighted by Gasteiger charge is 2.15. The van der Waals surface area contributed by atoms with Gasteiger partial charge >= 0.3 is 5.97 Å². The fourth-order valence-electron chi connectivity index (χ4n) is 1.89. The van der Waals surface area contributed by atoms with Crippen molar-refractivity contribution in [1.29, 1.82) is 0 Å². The fourth-order valence-corrected chi connectivity index (χ4v) is 2.40. The number of hydrogen-bond acceptors (Lipinski definition) is 3. The summed E-state index contributed by atoms with van der Waals surface area (Å²) in [4.78, 5) is 11.1. The van der Waals surface area contributed by atoms with Crippen molar-refractivity contribution in [1.82, 2.24) is 4.57 Å². The Morgan fingerprint density at radius 2 is 2.00 bits per heavy atom. The van der Waals surface area contributed by atoms with Gasteiger partial charge in [-0.1, -0.05) is 18.2 Å². The summed E-state index contributed by atoms with van der Waals surface area (Å²) in [7, 11) is -3.13. The smallest absolute Gasteiger partial charge is 0.352 e. The third-order valence-electron chi connectivity index (χ3n) is 2.72. The van der Waals surface area contributed by atoms with Gasteiger partial charge < -0.3 is 9.67 Å². The Hall–Kier alpha value is -1.82. The molecule has 0 fully saturated rings. The van der Waals surface area contributed by atoms with E-state index in [-0.39, 0.29) is 18.0 Å². The molecule has 0 aliphatic rings. The summed E-state index contributed by atoms with van der Waals surface area (Å²) >= 11 is 0. The summed E-state index contributed by atoms with van der Waals surface area (Å²) in [6.07, 6.45) is 1.14. The maximum Gasteiger partial charge on any atom is 0.352 e. The number of hydrogen-bond donors (Lipinski definition) is 1. The minimum absolute atomic E-state index is 0.0774. The Kier molecular flexibility index (Phi) is 3.13. The number of sulfone groups is 1. The Morgan fingerprint density at radius 1 is 1.33 bits per heavy atom. The van der Waals surface area contributed by atoms with E-state index in [0.717, 1.165) is 17.2 Å². The van der Waals surface area contributed by atoms with E-state index in [1.165, 1.54) is 4.57 Å². The first-order valence-electron chi connectivity index (χ1n) is 5.38. The minimum Gasteiger partial charge on any atom is -0.477 e. The van der Waals surface area contributed by atoms with Gasteiger partial charge in [-0.15, -0.1) is 0 Å². The van der Waals surface area contributed by atoms with Crippen molar-refractivity contribution in [3.05, 3.63) is 36.0 Å². The minimum atomic E-state index is -3.13. The molecule has 18 heavy (non-hydrogen) atoms. The molecule has 1 N–H and O–H groups in total. The van der Waals surface area contributed by atoms with Crippen LogP contribution in [0.4, 0.5) is 0 Å². The highest BCUT2D eigenvalue weighted by molar-refractivity contribution is 7.90. The number of nitrogens with zero attached hydrogens (tertiary/aromatic N) is 1. The zero-order valence-electron chi connectivity index (χ0n) is 9.83. The van der Waals surface area contributed by atoms with Crippen LogP contribution in [0.1, 0.15) is 10.5 Å². The van der Waals surface area contributed by atoms with Crippen LogP contribution in [-0.4, -0.2) is 36.1 Å². The molecule has 0 amide bonds. The molecule has 0 spiro atoms. The zero-order chi connectivity index (χ0) is 13.3. The van der Waals surface area contributed by atoms with Crippen molar-refractivity contribution in [3.8, 4) is 0 Å². The van der Waals surface area contributed by atoms with Gasteiger partial charge in [-0.05, 0) is 12.1 Å². The molecule has 5 nitrogen and oxygen atoms in total. The SMILES string of the molecule is CS(=O)(=O)CCn1c(C(=O)O)cc2ccccc21. The number of carbonyl (C=O) groups is 1. The van der Waals surface area contributed by atoms with Crippen molar-refractivity contribution in [2.45, 2.75) is 6.54 Å². The molecule has 0 saturated carbocycles. The maximum absolute atomic E-state index is 11.2. The Bertz CT molecular complexity index is 700. The molecule has 1 heterocycles. The average Bonchev–Trinajstić information content (AvgIpc) is 2.64. The summed E-state index contributed by atoms with van der Waals surface area (Å²) in [5.74, 6) is -1.13. The molecule has 2 rings (SSSR count). The van der Waals surface area contributed by atoms with Gasteiger partial charge in [-0.25, -0.2) is 13.2 Å². The van der Waals surface area contributed by atoms with Crippen molar-refractivity contribution in [2.24, 2.45) is 0 Å². The summed E-state index contributed by atoms with van der Waals surface area (Å²) in [5, 5.41) is 9.92. The van der Waals surface area contributed by atoms with Crippen LogP contribution in [-0.2, 0) is 16.4 Å². The lowest BCUT2D eigenvalue weighted by Gasteiger charge is -2.07. The zero-order valence-corrected chi connectivity index (χ0v) is 10.6. The number of aryl methyl sites for hydroxylation is 1. The second-order valence-corrected chi connectivity index (χ2v) is 6.43. The van der Waals surface area contributed by atoms with Gasteiger partial charge in [-0.2, -0.15) is 0 Å². The topological polar surface area (TPSA) is 76.4 Å². The highest BCUT2D eigenvalue weighted by atomic mass is 32.2. The quantitative estimate of drug-likeness (QED) is 0.908. The maximum atomic E-state index is 11.2. The van der Waals surface area contributed by atoms with Crippen molar-refractivity contribution < 1.29 is 18.3 Å². The first-order chi connectivity index (χ1) is 8.38. The van der Waals surface area contributed by atoms with Gasteiger partial charge in [0.25, 0.3) is 0 Å². The highest BCUT2D eigenvalue weighted by Crippen LogP contribution is 2.19. The largest absolute Gasteiger partial charge is 0.477 e. The normalized spacial score (nSPS) is 11.8. The Balaban J connectivity index is 2.52. The van der Waals surface area contributed by atoms with Gasteiger partial charge in [0.2, 0.25) is 0 Å². The van der Waals surface area contributed by atoms with E-state index in [1.54, 1.807) is 24.3 Å². The number of carboxylic acids is 1. The average molecular weight is 267 g/mol. The van der Waals surface area contributed by atoms with Crippen LogP contribution in [0.3, 0.4) is 0 Å². The van der Waals surface area contributed by atoms with E-state index in [1.807, 2.05) is 6.07 Å². The molecule has 0 bridgehead atoms. The number of para-hydroxylation sites is 1. The van der Waals surface area contributed by atoms with Crippen LogP contribution in [0.15, 0.2) is 30.3 Å². The molecule has 6 heteroatoms. The summed E-state index contributed by atoms with van der Waals surface area (Å²) in [5.41, 5.74) is 0.846. The Labute approximate surface area is 105 Å². The van der Waals surface area contributed by atoms with Crippen molar-refractivity contribution in [2.75, 3.05) is 12.0 Å². The third kappa shape index (κ3) is 2.53. The first kappa shape index (κ1) is 12.6. The monoisotopic (exact) mass is 267 g/mol. The molecule has 1 aromatic heterocycles. The van der Waals surface area contributed by atoms with Crippen LogP contribution in [0.25, 0.3) is 10.9 Å². The first-order valence-corrected chi connectivity index (χ1v) is 7.44. The molecule has 96 valence electrons. The van der Waals surface area contributed by atoms with Gasteiger partial charge in [0.1, 0.15) is 15.5 Å².